The summed E-state index contributed by atoms with van der Waals surface area (Å²) in [5.41, 5.74) is -0.894. The Bertz CT molecular complexity index is 878. The number of nitrogens with one attached hydrogen (secondary N) is 1. The van der Waals surface area contributed by atoms with Crippen molar-refractivity contribution in [1.82, 2.24) is 5.32 Å². The molecule has 1 saturated heterocycles. The molecular formula is C20H19F2NO3. The number of carbonyl (C=O) groups is 1. The molecule has 4 nitrogen and oxygen atoms in total. The molecule has 2 aliphatic rings. The van der Waals surface area contributed by atoms with Crippen LogP contribution in [0.2, 0.25) is 0 Å². The molecule has 1 amide bonds. The van der Waals surface area contributed by atoms with E-state index in [1.807, 2.05) is 0 Å². The van der Waals surface area contributed by atoms with E-state index in [2.05, 4.69) is 5.32 Å². The van der Waals surface area contributed by atoms with Crippen LogP contribution in [0.25, 0.3) is 11.1 Å². The molecule has 1 aliphatic carbocycles. The monoisotopic (exact) mass is 359 g/mol. The van der Waals surface area contributed by atoms with Gasteiger partial charge in [-0.15, -0.1) is 0 Å². The highest BCUT2D eigenvalue weighted by molar-refractivity contribution is 5.81. The van der Waals surface area contributed by atoms with E-state index >= 15 is 0 Å². The number of hydrogen-bond donors (Lipinski definition) is 2. The Morgan fingerprint density at radius 2 is 1.96 bits per heavy atom. The van der Waals surface area contributed by atoms with Gasteiger partial charge in [0.25, 0.3) is 5.92 Å². The second-order valence-electron chi connectivity index (χ2n) is 6.97. The average Bonchev–Trinajstić information content (AvgIpc) is 3.13. The molecule has 0 bridgehead atoms. The summed E-state index contributed by atoms with van der Waals surface area (Å²) in [6.07, 6.45) is 1.15. The van der Waals surface area contributed by atoms with Gasteiger partial charge >= 0.3 is 0 Å². The minimum atomic E-state index is -3.37. The lowest BCUT2D eigenvalue weighted by Crippen LogP contribution is -2.42. The van der Waals surface area contributed by atoms with Crippen LogP contribution >= 0.6 is 0 Å². The number of carbonyl (C=O) groups excluding carboxylic acids is 1. The van der Waals surface area contributed by atoms with E-state index in [0.717, 1.165) is 6.92 Å². The number of hydrogen-bond acceptors (Lipinski definition) is 3. The van der Waals surface area contributed by atoms with Crippen molar-refractivity contribution in [1.29, 1.82) is 0 Å². The van der Waals surface area contributed by atoms with Gasteiger partial charge < -0.3 is 15.2 Å². The van der Waals surface area contributed by atoms with Crippen LogP contribution in [-0.4, -0.2) is 29.6 Å². The molecule has 0 spiro atoms. The first-order valence-electron chi connectivity index (χ1n) is 8.57. The summed E-state index contributed by atoms with van der Waals surface area (Å²) in [5, 5.41) is 13.8. The normalized spacial score (nSPS) is 24.2. The number of amides is 1. The van der Waals surface area contributed by atoms with Crippen molar-refractivity contribution in [3.8, 4) is 16.9 Å². The van der Waals surface area contributed by atoms with Gasteiger partial charge in [-0.3, -0.25) is 4.79 Å². The van der Waals surface area contributed by atoms with E-state index in [1.165, 1.54) is 12.1 Å². The summed E-state index contributed by atoms with van der Waals surface area (Å²) in [6.45, 7) is 0.985. The molecule has 2 aromatic carbocycles. The molecule has 26 heavy (non-hydrogen) atoms. The third kappa shape index (κ3) is 2.48. The van der Waals surface area contributed by atoms with E-state index in [-0.39, 0.29) is 29.7 Å². The number of rotatable bonds is 4. The zero-order valence-electron chi connectivity index (χ0n) is 14.3. The molecule has 1 aliphatic heterocycles. The number of aliphatic hydroxyl groups is 1. The highest BCUT2D eigenvalue weighted by atomic mass is 19.3. The third-order valence-electron chi connectivity index (χ3n) is 5.16. The summed E-state index contributed by atoms with van der Waals surface area (Å²) in [7, 11) is 0. The molecule has 0 aromatic heterocycles. The summed E-state index contributed by atoms with van der Waals surface area (Å²) >= 11 is 0. The van der Waals surface area contributed by atoms with Gasteiger partial charge in [0.2, 0.25) is 5.91 Å². The number of fused-ring (bicyclic) bond motifs is 3. The Hall–Kier alpha value is -2.47. The summed E-state index contributed by atoms with van der Waals surface area (Å²) in [6, 6.07) is 11.4. The van der Waals surface area contributed by atoms with E-state index < -0.39 is 11.5 Å². The maximum absolute atomic E-state index is 14.4. The zero-order chi connectivity index (χ0) is 18.5. The van der Waals surface area contributed by atoms with Crippen LogP contribution in [-0.2, 0) is 10.4 Å². The van der Waals surface area contributed by atoms with Crippen molar-refractivity contribution in [3.05, 3.63) is 53.6 Å². The summed E-state index contributed by atoms with van der Waals surface area (Å²) < 4.78 is 34.6. The molecule has 1 fully saturated rings. The highest BCUT2D eigenvalue weighted by Gasteiger charge is 2.56. The van der Waals surface area contributed by atoms with Gasteiger partial charge in [-0.2, -0.15) is 0 Å². The van der Waals surface area contributed by atoms with Crippen molar-refractivity contribution in [2.75, 3.05) is 6.61 Å². The molecule has 0 radical (unpaired) electrons. The van der Waals surface area contributed by atoms with Gasteiger partial charge in [0, 0.05) is 24.5 Å². The first-order valence-corrected chi connectivity index (χ1v) is 8.57. The van der Waals surface area contributed by atoms with Crippen molar-refractivity contribution in [3.63, 3.8) is 0 Å². The Labute approximate surface area is 149 Å². The van der Waals surface area contributed by atoms with Gasteiger partial charge in [-0.1, -0.05) is 30.3 Å². The van der Waals surface area contributed by atoms with Crippen molar-refractivity contribution in [2.24, 2.45) is 0 Å². The van der Waals surface area contributed by atoms with Crippen LogP contribution in [0.4, 0.5) is 8.78 Å². The summed E-state index contributed by atoms with van der Waals surface area (Å²) in [5.74, 6) is -2.99. The second kappa shape index (κ2) is 5.77. The maximum atomic E-state index is 14.4. The average molecular weight is 359 g/mol. The predicted molar refractivity (Wildman–Crippen MR) is 92.2 cm³/mol. The van der Waals surface area contributed by atoms with Crippen molar-refractivity contribution < 1.29 is 23.4 Å². The van der Waals surface area contributed by atoms with Crippen molar-refractivity contribution in [2.45, 2.75) is 37.3 Å². The standard InChI is InChI=1S/C20H19F2NO3/c1-19(21,22)20(25)16-5-3-2-4-14(16)15-8-7-13(10-17(15)20)26-11-12-6-9-18(24)23-12/h2-5,7-8,10,12,25H,6,9,11H2,1H3,(H,23,24). The smallest absolute Gasteiger partial charge is 0.281 e. The molecule has 2 N–H and O–H groups in total. The largest absolute Gasteiger partial charge is 0.491 e. The minimum absolute atomic E-state index is 0.0111. The molecule has 6 heteroatoms. The molecular weight excluding hydrogens is 340 g/mol. The van der Waals surface area contributed by atoms with Gasteiger partial charge in [0.15, 0.2) is 5.60 Å². The molecule has 2 unspecified atom stereocenters. The van der Waals surface area contributed by atoms with Gasteiger partial charge in [0.1, 0.15) is 12.4 Å². The minimum Gasteiger partial charge on any atom is -0.491 e. The predicted octanol–water partition coefficient (Wildman–Crippen LogP) is 3.22. The van der Waals surface area contributed by atoms with Crippen molar-refractivity contribution >= 4 is 5.91 Å². The quantitative estimate of drug-likeness (QED) is 0.881. The van der Waals surface area contributed by atoms with E-state index in [1.54, 1.807) is 30.3 Å². The molecule has 1 heterocycles. The first-order chi connectivity index (χ1) is 12.3. The number of benzene rings is 2. The fourth-order valence-electron chi connectivity index (χ4n) is 3.80. The molecule has 2 aromatic rings. The fourth-order valence-corrected chi connectivity index (χ4v) is 3.80. The van der Waals surface area contributed by atoms with Crippen LogP contribution in [0.15, 0.2) is 42.5 Å². The lowest BCUT2D eigenvalue weighted by atomic mass is 9.86. The molecule has 2 atom stereocenters. The third-order valence-corrected chi connectivity index (χ3v) is 5.16. The molecule has 136 valence electrons. The number of halogens is 2. The van der Waals surface area contributed by atoms with Crippen LogP contribution in [0.1, 0.15) is 30.9 Å². The second-order valence-corrected chi connectivity index (χ2v) is 6.97. The van der Waals surface area contributed by atoms with Crippen LogP contribution in [0, 0.1) is 0 Å². The Kier molecular flexibility index (Phi) is 3.77. The molecule has 4 rings (SSSR count). The SMILES string of the molecule is CC(F)(F)C1(O)c2ccccc2-c2ccc(OCC3CCC(=O)N3)cc21. The Balaban J connectivity index is 1.69. The topological polar surface area (TPSA) is 58.6 Å². The summed E-state index contributed by atoms with van der Waals surface area (Å²) in [4.78, 5) is 11.3. The lowest BCUT2D eigenvalue weighted by molar-refractivity contribution is -0.148. The van der Waals surface area contributed by atoms with E-state index in [0.29, 0.717) is 29.7 Å². The van der Waals surface area contributed by atoms with E-state index in [9.17, 15) is 18.7 Å². The fraction of sp³-hybridized carbons (Fsp3) is 0.350. The van der Waals surface area contributed by atoms with Crippen LogP contribution in [0.3, 0.4) is 0 Å². The Morgan fingerprint density at radius 3 is 2.65 bits per heavy atom. The van der Waals surface area contributed by atoms with Gasteiger partial charge in [-0.05, 0) is 29.7 Å². The Morgan fingerprint density at radius 1 is 1.23 bits per heavy atom. The van der Waals surface area contributed by atoms with Gasteiger partial charge in [0.05, 0.1) is 6.04 Å². The van der Waals surface area contributed by atoms with Gasteiger partial charge in [-0.25, -0.2) is 8.78 Å². The zero-order valence-corrected chi connectivity index (χ0v) is 14.3. The number of ether oxygens (including phenoxy) is 1. The highest BCUT2D eigenvalue weighted by Crippen LogP contribution is 2.54. The number of alkyl halides is 2. The molecule has 0 saturated carbocycles. The van der Waals surface area contributed by atoms with E-state index in [4.69, 9.17) is 4.74 Å². The maximum Gasteiger partial charge on any atom is 0.281 e. The lowest BCUT2D eigenvalue weighted by Gasteiger charge is -2.32. The van der Waals surface area contributed by atoms with Crippen LogP contribution < -0.4 is 10.1 Å². The first kappa shape index (κ1) is 17.0. The van der Waals surface area contributed by atoms with Crippen LogP contribution in [0.5, 0.6) is 5.75 Å².